The van der Waals surface area contributed by atoms with Crippen LogP contribution in [0.3, 0.4) is 0 Å². The fourth-order valence-corrected chi connectivity index (χ4v) is 2.91. The van der Waals surface area contributed by atoms with E-state index < -0.39 is 0 Å². The molecule has 1 fully saturated rings. The van der Waals surface area contributed by atoms with E-state index in [2.05, 4.69) is 51.3 Å². The van der Waals surface area contributed by atoms with Gasteiger partial charge in [0.2, 0.25) is 0 Å². The zero-order valence-corrected chi connectivity index (χ0v) is 11.8. The van der Waals surface area contributed by atoms with Crippen LogP contribution in [0.25, 0.3) is 0 Å². The molecule has 0 aliphatic carbocycles. The summed E-state index contributed by atoms with van der Waals surface area (Å²) in [7, 11) is 2.21. The third-order valence-corrected chi connectivity index (χ3v) is 4.22. The first-order valence-electron chi connectivity index (χ1n) is 7.32. The Morgan fingerprint density at radius 1 is 1.00 bits per heavy atom. The van der Waals surface area contributed by atoms with Gasteiger partial charge in [-0.2, -0.15) is 0 Å². The number of anilines is 2. The van der Waals surface area contributed by atoms with Gasteiger partial charge in [0.1, 0.15) is 0 Å². The van der Waals surface area contributed by atoms with Gasteiger partial charge in [-0.1, -0.05) is 12.1 Å². The van der Waals surface area contributed by atoms with Crippen LogP contribution in [0.15, 0.2) is 24.3 Å². The molecule has 0 atom stereocenters. The van der Waals surface area contributed by atoms with E-state index in [1.165, 1.54) is 44.1 Å². The number of nitrogens with zero attached hydrogens (tertiary/aromatic N) is 3. The number of rotatable bonds is 3. The summed E-state index contributed by atoms with van der Waals surface area (Å²) < 4.78 is 0. The SMILES string of the molecule is CN1CCN(CCN2CCNc3ccccc32)CC1. The van der Waals surface area contributed by atoms with Crippen molar-refractivity contribution >= 4 is 11.4 Å². The van der Waals surface area contributed by atoms with Crippen LogP contribution in [-0.2, 0) is 0 Å². The highest BCUT2D eigenvalue weighted by Gasteiger charge is 2.18. The van der Waals surface area contributed by atoms with E-state index in [0.717, 1.165) is 19.6 Å². The Morgan fingerprint density at radius 3 is 2.63 bits per heavy atom. The van der Waals surface area contributed by atoms with Crippen LogP contribution in [0.5, 0.6) is 0 Å². The maximum absolute atomic E-state index is 3.47. The molecule has 1 aromatic carbocycles. The monoisotopic (exact) mass is 260 g/mol. The first-order valence-corrected chi connectivity index (χ1v) is 7.32. The number of benzene rings is 1. The lowest BCUT2D eigenvalue weighted by Gasteiger charge is -2.36. The summed E-state index contributed by atoms with van der Waals surface area (Å²) in [5.74, 6) is 0. The minimum Gasteiger partial charge on any atom is -0.382 e. The summed E-state index contributed by atoms with van der Waals surface area (Å²) in [5.41, 5.74) is 2.65. The molecule has 1 N–H and O–H groups in total. The van der Waals surface area contributed by atoms with Gasteiger partial charge in [-0.25, -0.2) is 0 Å². The number of fused-ring (bicyclic) bond motifs is 1. The van der Waals surface area contributed by atoms with Crippen LogP contribution in [0.1, 0.15) is 0 Å². The van der Waals surface area contributed by atoms with E-state index in [9.17, 15) is 0 Å². The van der Waals surface area contributed by atoms with Crippen LogP contribution >= 0.6 is 0 Å². The van der Waals surface area contributed by atoms with Gasteiger partial charge < -0.3 is 15.1 Å². The van der Waals surface area contributed by atoms with E-state index in [4.69, 9.17) is 0 Å². The fraction of sp³-hybridized carbons (Fsp3) is 0.600. The maximum atomic E-state index is 3.47. The molecule has 2 aliphatic heterocycles. The highest BCUT2D eigenvalue weighted by Crippen LogP contribution is 2.27. The Labute approximate surface area is 116 Å². The van der Waals surface area contributed by atoms with Crippen LogP contribution in [-0.4, -0.2) is 69.2 Å². The second kappa shape index (κ2) is 5.80. The van der Waals surface area contributed by atoms with Crippen molar-refractivity contribution in [1.82, 2.24) is 9.80 Å². The summed E-state index contributed by atoms with van der Waals surface area (Å²) in [6.07, 6.45) is 0. The standard InChI is InChI=1S/C15H24N4/c1-17-8-10-18(11-9-17)12-13-19-7-6-16-14-4-2-3-5-15(14)19/h2-5,16H,6-13H2,1H3. The largest absolute Gasteiger partial charge is 0.382 e. The van der Waals surface area contributed by atoms with Gasteiger partial charge in [-0.05, 0) is 19.2 Å². The summed E-state index contributed by atoms with van der Waals surface area (Å²) in [6.45, 7) is 9.33. The molecule has 0 bridgehead atoms. The lowest BCUT2D eigenvalue weighted by molar-refractivity contribution is 0.157. The van der Waals surface area contributed by atoms with Gasteiger partial charge in [-0.15, -0.1) is 0 Å². The number of nitrogens with one attached hydrogen (secondary N) is 1. The third kappa shape index (κ3) is 3.01. The molecular formula is C15H24N4. The Morgan fingerprint density at radius 2 is 1.79 bits per heavy atom. The van der Waals surface area contributed by atoms with Crippen molar-refractivity contribution in [3.05, 3.63) is 24.3 Å². The van der Waals surface area contributed by atoms with Crippen molar-refractivity contribution in [2.45, 2.75) is 0 Å². The number of piperazine rings is 1. The minimum absolute atomic E-state index is 1.06. The van der Waals surface area contributed by atoms with Gasteiger partial charge in [-0.3, -0.25) is 4.90 Å². The van der Waals surface area contributed by atoms with Crippen molar-refractivity contribution in [1.29, 1.82) is 0 Å². The van der Waals surface area contributed by atoms with E-state index in [1.807, 2.05) is 0 Å². The Balaban J connectivity index is 1.56. The van der Waals surface area contributed by atoms with Crippen molar-refractivity contribution < 1.29 is 0 Å². The zero-order valence-electron chi connectivity index (χ0n) is 11.8. The van der Waals surface area contributed by atoms with E-state index >= 15 is 0 Å². The number of para-hydroxylation sites is 2. The van der Waals surface area contributed by atoms with Crippen LogP contribution in [0.4, 0.5) is 11.4 Å². The minimum atomic E-state index is 1.06. The highest BCUT2D eigenvalue weighted by atomic mass is 15.3. The quantitative estimate of drug-likeness (QED) is 0.880. The van der Waals surface area contributed by atoms with E-state index in [0.29, 0.717) is 0 Å². The molecule has 2 heterocycles. The van der Waals surface area contributed by atoms with Crippen LogP contribution < -0.4 is 10.2 Å². The Hall–Kier alpha value is -1.26. The van der Waals surface area contributed by atoms with Gasteiger partial charge >= 0.3 is 0 Å². The predicted molar refractivity (Wildman–Crippen MR) is 81.1 cm³/mol. The van der Waals surface area contributed by atoms with Gasteiger partial charge in [0.15, 0.2) is 0 Å². The average molecular weight is 260 g/mol. The Kier molecular flexibility index (Phi) is 3.89. The first kappa shape index (κ1) is 12.8. The van der Waals surface area contributed by atoms with Crippen molar-refractivity contribution in [3.8, 4) is 0 Å². The molecule has 2 aliphatic rings. The average Bonchev–Trinajstić information content (AvgIpc) is 2.47. The predicted octanol–water partition coefficient (Wildman–Crippen LogP) is 1.17. The fourth-order valence-electron chi connectivity index (χ4n) is 2.91. The van der Waals surface area contributed by atoms with Crippen molar-refractivity contribution in [3.63, 3.8) is 0 Å². The molecule has 0 saturated carbocycles. The smallest absolute Gasteiger partial charge is 0.0603 e. The molecule has 4 nitrogen and oxygen atoms in total. The molecule has 0 amide bonds. The molecule has 1 aromatic rings. The maximum Gasteiger partial charge on any atom is 0.0603 e. The second-order valence-corrected chi connectivity index (χ2v) is 5.58. The normalized spacial score (nSPS) is 21.0. The first-order chi connectivity index (χ1) is 9.33. The molecule has 0 unspecified atom stereocenters. The van der Waals surface area contributed by atoms with Crippen LogP contribution in [0, 0.1) is 0 Å². The van der Waals surface area contributed by atoms with Gasteiger partial charge in [0.05, 0.1) is 11.4 Å². The van der Waals surface area contributed by atoms with Gasteiger partial charge in [0.25, 0.3) is 0 Å². The molecule has 0 radical (unpaired) electrons. The number of hydrogen-bond donors (Lipinski definition) is 1. The topological polar surface area (TPSA) is 21.8 Å². The summed E-state index contributed by atoms with van der Waals surface area (Å²) in [5, 5.41) is 3.47. The van der Waals surface area contributed by atoms with Crippen LogP contribution in [0.2, 0.25) is 0 Å². The third-order valence-electron chi connectivity index (χ3n) is 4.22. The lowest BCUT2D eigenvalue weighted by Crippen LogP contribution is -2.47. The molecule has 0 aromatic heterocycles. The molecule has 0 spiro atoms. The lowest BCUT2D eigenvalue weighted by atomic mass is 10.2. The Bertz CT molecular complexity index is 412. The van der Waals surface area contributed by atoms with Crippen molar-refractivity contribution in [2.24, 2.45) is 0 Å². The summed E-state index contributed by atoms with van der Waals surface area (Å²) in [6, 6.07) is 8.65. The van der Waals surface area contributed by atoms with Crippen molar-refractivity contribution in [2.75, 3.05) is 69.6 Å². The van der Waals surface area contributed by atoms with E-state index in [1.54, 1.807) is 0 Å². The zero-order chi connectivity index (χ0) is 13.1. The van der Waals surface area contributed by atoms with E-state index in [-0.39, 0.29) is 0 Å². The second-order valence-electron chi connectivity index (χ2n) is 5.58. The molecule has 104 valence electrons. The molecule has 3 rings (SSSR count). The molecule has 4 heteroatoms. The summed E-state index contributed by atoms with van der Waals surface area (Å²) in [4.78, 5) is 7.52. The highest BCUT2D eigenvalue weighted by molar-refractivity contribution is 5.71. The number of hydrogen-bond acceptors (Lipinski definition) is 4. The molecular weight excluding hydrogens is 236 g/mol. The molecule has 1 saturated heterocycles. The molecule has 19 heavy (non-hydrogen) atoms. The van der Waals surface area contributed by atoms with Gasteiger partial charge in [0, 0.05) is 52.4 Å². The summed E-state index contributed by atoms with van der Waals surface area (Å²) >= 11 is 0. The number of likely N-dealkylation sites (N-methyl/N-ethyl adjacent to an activating group) is 1.